The first-order chi connectivity index (χ1) is 9.34. The van der Waals surface area contributed by atoms with Crippen LogP contribution in [-0.4, -0.2) is 27.5 Å². The molecule has 1 aliphatic rings. The summed E-state index contributed by atoms with van der Waals surface area (Å²) in [5.41, 5.74) is 7.01. The topological polar surface area (TPSA) is 60.2 Å². The third-order valence-electron chi connectivity index (χ3n) is 4.18. The average molecular weight is 378 g/mol. The van der Waals surface area contributed by atoms with Crippen LogP contribution >= 0.6 is 27.7 Å². The highest BCUT2D eigenvalue weighted by molar-refractivity contribution is 9.10. The molecule has 0 saturated heterocycles. The van der Waals surface area contributed by atoms with Gasteiger partial charge in [-0.25, -0.2) is 8.42 Å². The molecule has 0 aromatic heterocycles. The fourth-order valence-electron chi connectivity index (χ4n) is 3.01. The Morgan fingerprint density at radius 2 is 1.95 bits per heavy atom. The minimum atomic E-state index is -3.25. The van der Waals surface area contributed by atoms with Gasteiger partial charge in [-0.1, -0.05) is 12.8 Å². The van der Waals surface area contributed by atoms with Gasteiger partial charge < -0.3 is 5.73 Å². The quantitative estimate of drug-likeness (QED) is 0.817. The fraction of sp³-hybridized carbons (Fsp3) is 0.571. The zero-order valence-electron chi connectivity index (χ0n) is 11.8. The first kappa shape index (κ1) is 16.3. The Labute approximate surface area is 133 Å². The molecule has 0 bridgehead atoms. The van der Waals surface area contributed by atoms with Gasteiger partial charge in [-0.2, -0.15) is 0 Å². The molecule has 20 heavy (non-hydrogen) atoms. The van der Waals surface area contributed by atoms with Crippen LogP contribution in [-0.2, 0) is 15.3 Å². The van der Waals surface area contributed by atoms with Gasteiger partial charge in [0, 0.05) is 27.6 Å². The van der Waals surface area contributed by atoms with E-state index in [0.717, 1.165) is 40.6 Å². The van der Waals surface area contributed by atoms with Gasteiger partial charge in [-0.05, 0) is 52.7 Å². The van der Waals surface area contributed by atoms with Gasteiger partial charge >= 0.3 is 0 Å². The first-order valence-corrected chi connectivity index (χ1v) is 10.5. The maximum absolute atomic E-state index is 12.1. The van der Waals surface area contributed by atoms with Crippen LogP contribution in [0.15, 0.2) is 26.4 Å². The molecule has 2 rings (SSSR count). The van der Waals surface area contributed by atoms with Crippen LogP contribution in [0.25, 0.3) is 0 Å². The lowest BCUT2D eigenvalue weighted by atomic mass is 9.79. The lowest BCUT2D eigenvalue weighted by Crippen LogP contribution is -2.32. The summed E-state index contributed by atoms with van der Waals surface area (Å²) in [5.74, 6) is 0. The number of hydrogen-bond donors (Lipinski definition) is 1. The number of sulfone groups is 1. The largest absolute Gasteiger partial charge is 0.330 e. The van der Waals surface area contributed by atoms with Crippen molar-refractivity contribution in [3.05, 3.63) is 22.2 Å². The van der Waals surface area contributed by atoms with Crippen molar-refractivity contribution in [2.45, 2.75) is 40.9 Å². The summed E-state index contributed by atoms with van der Waals surface area (Å²) in [5, 5.41) is 0. The van der Waals surface area contributed by atoms with Crippen LogP contribution in [0.1, 0.15) is 31.2 Å². The third kappa shape index (κ3) is 2.93. The van der Waals surface area contributed by atoms with E-state index in [-0.39, 0.29) is 5.41 Å². The lowest BCUT2D eigenvalue weighted by molar-refractivity contribution is 0.451. The SMILES string of the molecule is CSc1c(Br)cc(C2(CN)CCCC2)cc1S(C)(=O)=O. The smallest absolute Gasteiger partial charge is 0.176 e. The highest BCUT2D eigenvalue weighted by Crippen LogP contribution is 2.44. The normalized spacial score (nSPS) is 18.4. The molecule has 112 valence electrons. The van der Waals surface area contributed by atoms with Crippen LogP contribution in [0.3, 0.4) is 0 Å². The van der Waals surface area contributed by atoms with Crippen molar-refractivity contribution in [2.75, 3.05) is 19.1 Å². The summed E-state index contributed by atoms with van der Waals surface area (Å²) >= 11 is 4.97. The molecule has 0 radical (unpaired) electrons. The molecule has 0 aliphatic heterocycles. The zero-order chi connectivity index (χ0) is 15.0. The van der Waals surface area contributed by atoms with E-state index in [2.05, 4.69) is 22.0 Å². The van der Waals surface area contributed by atoms with E-state index in [1.807, 2.05) is 12.3 Å². The van der Waals surface area contributed by atoms with Gasteiger partial charge in [-0.3, -0.25) is 0 Å². The number of thioether (sulfide) groups is 1. The van der Waals surface area contributed by atoms with Crippen molar-refractivity contribution in [1.29, 1.82) is 0 Å². The molecule has 0 amide bonds. The number of nitrogens with two attached hydrogens (primary N) is 1. The molecule has 0 heterocycles. The highest BCUT2D eigenvalue weighted by atomic mass is 79.9. The fourth-order valence-corrected chi connectivity index (χ4v) is 6.09. The van der Waals surface area contributed by atoms with Gasteiger partial charge in [-0.15, -0.1) is 11.8 Å². The van der Waals surface area contributed by atoms with E-state index in [1.54, 1.807) is 0 Å². The maximum atomic E-state index is 12.1. The van der Waals surface area contributed by atoms with Crippen LogP contribution < -0.4 is 5.73 Å². The van der Waals surface area contributed by atoms with Crippen molar-refractivity contribution in [3.8, 4) is 0 Å². The van der Waals surface area contributed by atoms with Crippen molar-refractivity contribution in [2.24, 2.45) is 5.73 Å². The van der Waals surface area contributed by atoms with E-state index >= 15 is 0 Å². The lowest BCUT2D eigenvalue weighted by Gasteiger charge is -2.29. The van der Waals surface area contributed by atoms with E-state index < -0.39 is 9.84 Å². The highest BCUT2D eigenvalue weighted by Gasteiger charge is 2.35. The van der Waals surface area contributed by atoms with Gasteiger partial charge in [0.2, 0.25) is 0 Å². The summed E-state index contributed by atoms with van der Waals surface area (Å²) < 4.78 is 25.0. The second-order valence-electron chi connectivity index (χ2n) is 5.45. The summed E-state index contributed by atoms with van der Waals surface area (Å²) in [6.07, 6.45) is 7.56. The predicted molar refractivity (Wildman–Crippen MR) is 88.2 cm³/mol. The Bertz CT molecular complexity index is 608. The minimum absolute atomic E-state index is 0.0566. The average Bonchev–Trinajstić information content (AvgIpc) is 2.86. The summed E-state index contributed by atoms with van der Waals surface area (Å²) in [6, 6.07) is 3.89. The number of halogens is 1. The van der Waals surface area contributed by atoms with Gasteiger partial charge in [0.1, 0.15) is 0 Å². The molecule has 6 heteroatoms. The Kier molecular flexibility index (Phi) is 4.89. The van der Waals surface area contributed by atoms with Gasteiger partial charge in [0.05, 0.1) is 4.90 Å². The second kappa shape index (κ2) is 5.99. The Balaban J connectivity index is 2.65. The third-order valence-corrected chi connectivity index (χ3v) is 7.16. The van der Waals surface area contributed by atoms with Gasteiger partial charge in [0.15, 0.2) is 9.84 Å². The standard InChI is InChI=1S/C14H20BrNO2S2/c1-19-13-11(15)7-10(8-12(13)20(2,17)18)14(9-16)5-3-4-6-14/h7-8H,3-6,9,16H2,1-2H3. The molecule has 2 N–H and O–H groups in total. The molecule has 3 nitrogen and oxygen atoms in total. The van der Waals surface area contributed by atoms with E-state index in [9.17, 15) is 8.42 Å². The minimum Gasteiger partial charge on any atom is -0.330 e. The molecule has 1 aliphatic carbocycles. The Hall–Kier alpha value is -0.0400. The molecule has 0 spiro atoms. The van der Waals surface area contributed by atoms with Crippen LogP contribution in [0.2, 0.25) is 0 Å². The Morgan fingerprint density at radius 3 is 2.40 bits per heavy atom. The molecule has 1 fully saturated rings. The summed E-state index contributed by atoms with van der Waals surface area (Å²) in [6.45, 7) is 0.571. The first-order valence-electron chi connectivity index (χ1n) is 6.62. The summed E-state index contributed by atoms with van der Waals surface area (Å²) in [7, 11) is -3.25. The van der Waals surface area contributed by atoms with E-state index in [0.29, 0.717) is 11.4 Å². The van der Waals surface area contributed by atoms with Crippen molar-refractivity contribution >= 4 is 37.5 Å². The monoisotopic (exact) mass is 377 g/mol. The molecular formula is C14H20BrNO2S2. The summed E-state index contributed by atoms with van der Waals surface area (Å²) in [4.78, 5) is 1.19. The van der Waals surface area contributed by atoms with Crippen LogP contribution in [0.4, 0.5) is 0 Å². The van der Waals surface area contributed by atoms with Gasteiger partial charge in [0.25, 0.3) is 0 Å². The van der Waals surface area contributed by atoms with Crippen molar-refractivity contribution in [1.82, 2.24) is 0 Å². The predicted octanol–water partition coefficient (Wildman–Crippen LogP) is 3.35. The molecule has 1 aromatic carbocycles. The van der Waals surface area contributed by atoms with E-state index in [1.165, 1.54) is 18.0 Å². The zero-order valence-corrected chi connectivity index (χ0v) is 15.0. The van der Waals surface area contributed by atoms with E-state index in [4.69, 9.17) is 5.73 Å². The van der Waals surface area contributed by atoms with Crippen LogP contribution in [0.5, 0.6) is 0 Å². The Morgan fingerprint density at radius 1 is 1.35 bits per heavy atom. The molecule has 1 saturated carbocycles. The molecule has 1 aromatic rings. The molecule has 0 unspecified atom stereocenters. The maximum Gasteiger partial charge on any atom is 0.176 e. The van der Waals surface area contributed by atoms with Crippen molar-refractivity contribution in [3.63, 3.8) is 0 Å². The molecular weight excluding hydrogens is 358 g/mol. The number of benzene rings is 1. The second-order valence-corrected chi connectivity index (χ2v) is 9.11. The van der Waals surface area contributed by atoms with Crippen molar-refractivity contribution < 1.29 is 8.42 Å². The molecule has 0 atom stereocenters. The van der Waals surface area contributed by atoms with Crippen LogP contribution in [0, 0.1) is 0 Å². The number of rotatable bonds is 4. The number of hydrogen-bond acceptors (Lipinski definition) is 4.